The standard InChI is InChI=1S/C25H28N4O2/c1-16-10-20-14-29(24-5-3-4-18(24)15-30)25(31)21(20)12-19(16)11-17-6-7-22(26-13-17)23-8-9-28(2)27-23/h6-10,12-13,18,24,30H,3-5,11,14-15H2,1-2H3/t18-,24+/m1/s1. The third-order valence-electron chi connectivity index (χ3n) is 6.84. The van der Waals surface area contributed by atoms with Crippen LogP contribution in [0.2, 0.25) is 0 Å². The molecule has 0 radical (unpaired) electrons. The molecule has 1 fully saturated rings. The van der Waals surface area contributed by atoms with Crippen molar-refractivity contribution in [2.75, 3.05) is 6.61 Å². The van der Waals surface area contributed by atoms with Crippen molar-refractivity contribution in [3.8, 4) is 11.4 Å². The number of rotatable bonds is 5. The predicted molar refractivity (Wildman–Crippen MR) is 119 cm³/mol. The lowest BCUT2D eigenvalue weighted by atomic mass is 9.96. The third kappa shape index (κ3) is 3.65. The lowest BCUT2D eigenvalue weighted by molar-refractivity contribution is 0.0612. The fourth-order valence-corrected chi connectivity index (χ4v) is 5.10. The zero-order valence-corrected chi connectivity index (χ0v) is 18.1. The van der Waals surface area contributed by atoms with E-state index >= 15 is 0 Å². The molecule has 1 aliphatic carbocycles. The molecule has 0 bridgehead atoms. The molecule has 0 unspecified atom stereocenters. The van der Waals surface area contributed by atoms with Crippen molar-refractivity contribution in [3.05, 3.63) is 70.5 Å². The summed E-state index contributed by atoms with van der Waals surface area (Å²) in [6.45, 7) is 2.94. The minimum Gasteiger partial charge on any atom is -0.396 e. The molecule has 2 aliphatic rings. The summed E-state index contributed by atoms with van der Waals surface area (Å²) in [5.74, 6) is 0.327. The highest BCUT2D eigenvalue weighted by Crippen LogP contribution is 2.36. The van der Waals surface area contributed by atoms with E-state index in [9.17, 15) is 9.90 Å². The fourth-order valence-electron chi connectivity index (χ4n) is 5.10. The van der Waals surface area contributed by atoms with E-state index < -0.39 is 0 Å². The van der Waals surface area contributed by atoms with E-state index in [2.05, 4.69) is 35.2 Å². The first-order chi connectivity index (χ1) is 15.0. The molecule has 31 heavy (non-hydrogen) atoms. The second-order valence-corrected chi connectivity index (χ2v) is 8.91. The normalized spacial score (nSPS) is 20.5. The molecular weight excluding hydrogens is 388 g/mol. The van der Waals surface area contributed by atoms with E-state index in [0.29, 0.717) is 6.54 Å². The molecule has 6 heteroatoms. The molecule has 160 valence electrons. The van der Waals surface area contributed by atoms with Gasteiger partial charge in [-0.3, -0.25) is 14.5 Å². The number of aliphatic hydroxyl groups is 1. The van der Waals surface area contributed by atoms with Gasteiger partial charge in [0.1, 0.15) is 5.69 Å². The van der Waals surface area contributed by atoms with Crippen molar-refractivity contribution in [3.63, 3.8) is 0 Å². The van der Waals surface area contributed by atoms with Crippen molar-refractivity contribution in [2.24, 2.45) is 13.0 Å². The summed E-state index contributed by atoms with van der Waals surface area (Å²) in [6, 6.07) is 10.4. The molecule has 1 saturated carbocycles. The number of hydrogen-bond acceptors (Lipinski definition) is 4. The molecular formula is C25H28N4O2. The van der Waals surface area contributed by atoms with Crippen LogP contribution in [-0.4, -0.2) is 43.3 Å². The van der Waals surface area contributed by atoms with Crippen LogP contribution in [0.4, 0.5) is 0 Å². The Labute approximate surface area is 182 Å². The number of aromatic nitrogens is 3. The van der Waals surface area contributed by atoms with Gasteiger partial charge in [-0.2, -0.15) is 5.10 Å². The van der Waals surface area contributed by atoms with Crippen LogP contribution in [0.5, 0.6) is 0 Å². The molecule has 1 aromatic carbocycles. The zero-order valence-electron chi connectivity index (χ0n) is 18.1. The summed E-state index contributed by atoms with van der Waals surface area (Å²) in [4.78, 5) is 19.8. The van der Waals surface area contributed by atoms with Crippen LogP contribution in [0.1, 0.15) is 51.9 Å². The number of fused-ring (bicyclic) bond motifs is 1. The van der Waals surface area contributed by atoms with Crippen molar-refractivity contribution < 1.29 is 9.90 Å². The van der Waals surface area contributed by atoms with E-state index in [1.807, 2.05) is 36.5 Å². The van der Waals surface area contributed by atoms with Crippen LogP contribution in [-0.2, 0) is 20.0 Å². The average Bonchev–Trinajstić information content (AvgIpc) is 3.48. The summed E-state index contributed by atoms with van der Waals surface area (Å²) in [7, 11) is 1.90. The Morgan fingerprint density at radius 3 is 2.74 bits per heavy atom. The van der Waals surface area contributed by atoms with E-state index in [1.54, 1.807) is 4.68 Å². The van der Waals surface area contributed by atoms with E-state index in [1.165, 1.54) is 5.56 Å². The lowest BCUT2D eigenvalue weighted by Gasteiger charge is -2.28. The molecule has 3 aromatic rings. The van der Waals surface area contributed by atoms with Crippen molar-refractivity contribution in [1.29, 1.82) is 0 Å². The second kappa shape index (κ2) is 7.93. The van der Waals surface area contributed by atoms with Crippen LogP contribution in [0.25, 0.3) is 11.4 Å². The zero-order chi connectivity index (χ0) is 21.5. The van der Waals surface area contributed by atoms with Gasteiger partial charge >= 0.3 is 0 Å². The summed E-state index contributed by atoms with van der Waals surface area (Å²) in [5.41, 5.74) is 7.12. The maximum Gasteiger partial charge on any atom is 0.254 e. The molecule has 2 atom stereocenters. The number of pyridine rings is 1. The Morgan fingerprint density at radius 1 is 1.16 bits per heavy atom. The third-order valence-corrected chi connectivity index (χ3v) is 6.84. The van der Waals surface area contributed by atoms with E-state index in [0.717, 1.165) is 59.3 Å². The maximum absolute atomic E-state index is 13.2. The van der Waals surface area contributed by atoms with Crippen LogP contribution < -0.4 is 0 Å². The highest BCUT2D eigenvalue weighted by molar-refractivity contribution is 5.99. The number of carbonyl (C=O) groups excluding carboxylic acids is 1. The Bertz CT molecular complexity index is 1120. The van der Waals surface area contributed by atoms with Gasteiger partial charge in [0, 0.05) is 50.1 Å². The largest absolute Gasteiger partial charge is 0.396 e. The Balaban J connectivity index is 1.36. The maximum atomic E-state index is 13.2. The van der Waals surface area contributed by atoms with E-state index in [4.69, 9.17) is 0 Å². The van der Waals surface area contributed by atoms with Gasteiger partial charge in [0.2, 0.25) is 0 Å². The highest BCUT2D eigenvalue weighted by atomic mass is 16.3. The minimum absolute atomic E-state index is 0.116. The smallest absolute Gasteiger partial charge is 0.254 e. The molecule has 1 amide bonds. The number of aryl methyl sites for hydroxylation is 2. The van der Waals surface area contributed by atoms with Crippen molar-refractivity contribution >= 4 is 5.91 Å². The van der Waals surface area contributed by atoms with E-state index in [-0.39, 0.29) is 24.5 Å². The van der Waals surface area contributed by atoms with Crippen LogP contribution in [0.3, 0.4) is 0 Å². The fraction of sp³-hybridized carbons (Fsp3) is 0.400. The number of benzene rings is 1. The molecule has 3 heterocycles. The monoisotopic (exact) mass is 416 g/mol. The van der Waals surface area contributed by atoms with Gasteiger partial charge in [-0.05, 0) is 66.6 Å². The molecule has 1 N–H and O–H groups in total. The Hall–Kier alpha value is -2.99. The van der Waals surface area contributed by atoms with Gasteiger partial charge in [-0.25, -0.2) is 0 Å². The van der Waals surface area contributed by atoms with Crippen molar-refractivity contribution in [1.82, 2.24) is 19.7 Å². The summed E-state index contributed by atoms with van der Waals surface area (Å²) >= 11 is 0. The summed E-state index contributed by atoms with van der Waals surface area (Å²) in [6.07, 6.45) is 7.63. The topological polar surface area (TPSA) is 71.2 Å². The molecule has 1 aliphatic heterocycles. The molecule has 2 aromatic heterocycles. The van der Waals surface area contributed by atoms with Gasteiger partial charge in [-0.1, -0.05) is 18.6 Å². The Morgan fingerprint density at radius 2 is 2.03 bits per heavy atom. The molecule has 0 spiro atoms. The van der Waals surface area contributed by atoms with Gasteiger partial charge in [0.15, 0.2) is 0 Å². The Kier molecular flexibility index (Phi) is 5.10. The van der Waals surface area contributed by atoms with Gasteiger partial charge < -0.3 is 10.0 Å². The first-order valence-electron chi connectivity index (χ1n) is 11.0. The minimum atomic E-state index is 0.116. The van der Waals surface area contributed by atoms with Gasteiger partial charge in [-0.15, -0.1) is 0 Å². The quantitative estimate of drug-likeness (QED) is 0.691. The number of carbonyl (C=O) groups is 1. The number of nitrogens with zero attached hydrogens (tertiary/aromatic N) is 4. The first-order valence-corrected chi connectivity index (χ1v) is 11.0. The molecule has 6 nitrogen and oxygen atoms in total. The van der Waals surface area contributed by atoms with Gasteiger partial charge in [0.05, 0.1) is 5.69 Å². The second-order valence-electron chi connectivity index (χ2n) is 8.91. The van der Waals surface area contributed by atoms with Crippen LogP contribution in [0, 0.1) is 12.8 Å². The number of hydrogen-bond donors (Lipinski definition) is 1. The van der Waals surface area contributed by atoms with Crippen LogP contribution >= 0.6 is 0 Å². The summed E-state index contributed by atoms with van der Waals surface area (Å²) in [5, 5.41) is 14.1. The predicted octanol–water partition coefficient (Wildman–Crippen LogP) is 3.50. The molecule has 5 rings (SSSR count). The average molecular weight is 417 g/mol. The molecule has 0 saturated heterocycles. The lowest BCUT2D eigenvalue weighted by Crippen LogP contribution is -2.39. The van der Waals surface area contributed by atoms with Crippen LogP contribution in [0.15, 0.2) is 42.7 Å². The highest BCUT2D eigenvalue weighted by Gasteiger charge is 2.39. The van der Waals surface area contributed by atoms with Crippen molar-refractivity contribution in [2.45, 2.75) is 45.2 Å². The summed E-state index contributed by atoms with van der Waals surface area (Å²) < 4.78 is 1.77. The number of aliphatic hydroxyl groups excluding tert-OH is 1. The van der Waals surface area contributed by atoms with Gasteiger partial charge in [0.25, 0.3) is 5.91 Å². The first kappa shape index (κ1) is 19.9. The number of amides is 1. The SMILES string of the molecule is Cc1cc2c(cc1Cc1ccc(-c3ccn(C)n3)nc1)C(=O)N([C@H]1CCC[C@@H]1CO)C2.